The van der Waals surface area contributed by atoms with Gasteiger partial charge in [0.05, 0.1) is 0 Å². The van der Waals surface area contributed by atoms with Gasteiger partial charge < -0.3 is 15.1 Å². The summed E-state index contributed by atoms with van der Waals surface area (Å²) in [5.74, 6) is -0.0365. The van der Waals surface area contributed by atoms with Crippen LogP contribution in [0.4, 0.5) is 17.1 Å². The molecular formula is C20H28N4O. The molecule has 134 valence electrons. The van der Waals surface area contributed by atoms with E-state index in [1.807, 2.05) is 19.9 Å². The molecule has 2 rings (SSSR count). The predicted molar refractivity (Wildman–Crippen MR) is 105 cm³/mol. The van der Waals surface area contributed by atoms with Gasteiger partial charge in [0, 0.05) is 49.4 Å². The lowest BCUT2D eigenvalue weighted by Gasteiger charge is -2.21. The van der Waals surface area contributed by atoms with Gasteiger partial charge in [-0.05, 0) is 64.1 Å². The summed E-state index contributed by atoms with van der Waals surface area (Å²) in [7, 11) is 0. The Morgan fingerprint density at radius 1 is 0.920 bits per heavy atom. The highest BCUT2D eigenvalue weighted by Crippen LogP contribution is 2.21. The molecule has 2 aromatic rings. The molecule has 0 fully saturated rings. The van der Waals surface area contributed by atoms with Gasteiger partial charge in [-0.3, -0.25) is 9.78 Å². The fourth-order valence-corrected chi connectivity index (χ4v) is 2.81. The fourth-order valence-electron chi connectivity index (χ4n) is 2.81. The summed E-state index contributed by atoms with van der Waals surface area (Å²) < 4.78 is 0. The van der Waals surface area contributed by atoms with E-state index in [0.29, 0.717) is 18.8 Å². The lowest BCUT2D eigenvalue weighted by molar-refractivity contribution is 0.0767. The Balaban J connectivity index is 2.13. The molecule has 0 radical (unpaired) electrons. The van der Waals surface area contributed by atoms with Crippen LogP contribution >= 0.6 is 0 Å². The Labute approximate surface area is 150 Å². The molecule has 5 heteroatoms. The molecule has 0 aliphatic rings. The summed E-state index contributed by atoms with van der Waals surface area (Å²) in [4.78, 5) is 20.7. The predicted octanol–water partition coefficient (Wildman–Crippen LogP) is 4.15. The van der Waals surface area contributed by atoms with Crippen molar-refractivity contribution in [2.45, 2.75) is 27.7 Å². The Kier molecular flexibility index (Phi) is 6.81. The van der Waals surface area contributed by atoms with Crippen LogP contribution in [-0.4, -0.2) is 42.0 Å². The number of carbonyl (C=O) groups is 1. The van der Waals surface area contributed by atoms with Gasteiger partial charge in [-0.1, -0.05) is 0 Å². The normalized spacial score (nSPS) is 10.4. The number of pyridine rings is 1. The first-order valence-corrected chi connectivity index (χ1v) is 9.00. The molecule has 1 aromatic carbocycles. The van der Waals surface area contributed by atoms with Crippen LogP contribution in [0, 0.1) is 0 Å². The molecular weight excluding hydrogens is 312 g/mol. The number of benzene rings is 1. The third-order valence-electron chi connectivity index (χ3n) is 4.31. The van der Waals surface area contributed by atoms with Gasteiger partial charge in [0.15, 0.2) is 0 Å². The molecule has 0 unspecified atom stereocenters. The summed E-state index contributed by atoms with van der Waals surface area (Å²) in [5, 5.41) is 3.35. The van der Waals surface area contributed by atoms with Crippen LogP contribution in [0.25, 0.3) is 0 Å². The van der Waals surface area contributed by atoms with Gasteiger partial charge in [-0.25, -0.2) is 0 Å². The van der Waals surface area contributed by atoms with Crippen LogP contribution in [0.2, 0.25) is 0 Å². The third-order valence-corrected chi connectivity index (χ3v) is 4.31. The smallest absolute Gasteiger partial charge is 0.272 e. The van der Waals surface area contributed by atoms with E-state index in [1.54, 1.807) is 17.2 Å². The number of amides is 1. The van der Waals surface area contributed by atoms with Crippen molar-refractivity contribution in [3.8, 4) is 0 Å². The second-order valence-electron chi connectivity index (χ2n) is 5.75. The Morgan fingerprint density at radius 3 is 2.12 bits per heavy atom. The molecule has 0 bridgehead atoms. The van der Waals surface area contributed by atoms with Crippen molar-refractivity contribution >= 4 is 23.0 Å². The van der Waals surface area contributed by atoms with E-state index in [-0.39, 0.29) is 5.91 Å². The minimum Gasteiger partial charge on any atom is -0.372 e. The SMILES string of the molecule is CCN(CC)C(=O)c1cc(Nc2ccc(N(CC)CC)cc2)ccn1. The Hall–Kier alpha value is -2.56. The molecule has 0 aliphatic carbocycles. The van der Waals surface area contributed by atoms with Crippen molar-refractivity contribution < 1.29 is 4.79 Å². The summed E-state index contributed by atoms with van der Waals surface area (Å²) in [5.41, 5.74) is 3.53. The summed E-state index contributed by atoms with van der Waals surface area (Å²) in [6, 6.07) is 12.0. The minimum atomic E-state index is -0.0365. The first-order valence-electron chi connectivity index (χ1n) is 9.00. The maximum absolute atomic E-state index is 12.4. The van der Waals surface area contributed by atoms with E-state index in [4.69, 9.17) is 0 Å². The molecule has 1 N–H and O–H groups in total. The maximum atomic E-state index is 12.4. The summed E-state index contributed by atoms with van der Waals surface area (Å²) in [6.07, 6.45) is 1.67. The van der Waals surface area contributed by atoms with Crippen molar-refractivity contribution in [2.75, 3.05) is 36.4 Å². The number of hydrogen-bond donors (Lipinski definition) is 1. The van der Waals surface area contributed by atoms with Gasteiger partial charge in [-0.15, -0.1) is 0 Å². The number of rotatable bonds is 8. The van der Waals surface area contributed by atoms with E-state index in [9.17, 15) is 4.79 Å². The van der Waals surface area contributed by atoms with Gasteiger partial charge >= 0.3 is 0 Å². The zero-order valence-electron chi connectivity index (χ0n) is 15.6. The molecule has 0 spiro atoms. The summed E-state index contributed by atoms with van der Waals surface area (Å²) >= 11 is 0. The molecule has 0 saturated carbocycles. The molecule has 1 heterocycles. The fraction of sp³-hybridized carbons (Fsp3) is 0.400. The zero-order chi connectivity index (χ0) is 18.2. The van der Waals surface area contributed by atoms with Gasteiger partial charge in [0.25, 0.3) is 5.91 Å². The highest BCUT2D eigenvalue weighted by atomic mass is 16.2. The van der Waals surface area contributed by atoms with Crippen LogP contribution < -0.4 is 10.2 Å². The highest BCUT2D eigenvalue weighted by Gasteiger charge is 2.14. The summed E-state index contributed by atoms with van der Waals surface area (Å²) in [6.45, 7) is 11.6. The van der Waals surface area contributed by atoms with Crippen LogP contribution in [0.1, 0.15) is 38.2 Å². The number of nitrogens with one attached hydrogen (secondary N) is 1. The van der Waals surface area contributed by atoms with Crippen LogP contribution in [0.3, 0.4) is 0 Å². The van der Waals surface area contributed by atoms with Crippen molar-refractivity contribution in [1.29, 1.82) is 0 Å². The molecule has 25 heavy (non-hydrogen) atoms. The number of nitrogens with zero attached hydrogens (tertiary/aromatic N) is 3. The molecule has 0 atom stereocenters. The zero-order valence-corrected chi connectivity index (χ0v) is 15.6. The van der Waals surface area contributed by atoms with E-state index >= 15 is 0 Å². The number of aromatic nitrogens is 1. The van der Waals surface area contributed by atoms with Gasteiger partial charge in [0.2, 0.25) is 0 Å². The topological polar surface area (TPSA) is 48.5 Å². The molecule has 0 saturated heterocycles. The van der Waals surface area contributed by atoms with Crippen molar-refractivity contribution in [3.05, 3.63) is 48.3 Å². The first kappa shape index (κ1) is 18.8. The first-order chi connectivity index (χ1) is 12.1. The average Bonchev–Trinajstić information content (AvgIpc) is 2.65. The molecule has 1 amide bonds. The van der Waals surface area contributed by atoms with Crippen molar-refractivity contribution in [1.82, 2.24) is 9.88 Å². The van der Waals surface area contributed by atoms with Crippen molar-refractivity contribution in [3.63, 3.8) is 0 Å². The number of anilines is 3. The Bertz CT molecular complexity index is 676. The molecule has 1 aromatic heterocycles. The quantitative estimate of drug-likeness (QED) is 0.784. The minimum absolute atomic E-state index is 0.0365. The van der Waals surface area contributed by atoms with E-state index in [1.165, 1.54) is 5.69 Å². The van der Waals surface area contributed by atoms with Crippen molar-refractivity contribution in [2.24, 2.45) is 0 Å². The standard InChI is InChI=1S/C20H28N4O/c1-5-23(6-2)18-11-9-16(10-12-18)22-17-13-14-21-19(15-17)20(25)24(7-3)8-4/h9-15H,5-8H2,1-4H3,(H,21,22). The lowest BCUT2D eigenvalue weighted by atomic mass is 10.2. The second kappa shape index (κ2) is 9.06. The maximum Gasteiger partial charge on any atom is 0.272 e. The van der Waals surface area contributed by atoms with E-state index in [0.717, 1.165) is 24.5 Å². The Morgan fingerprint density at radius 2 is 1.56 bits per heavy atom. The number of hydrogen-bond acceptors (Lipinski definition) is 4. The molecule has 0 aliphatic heterocycles. The van der Waals surface area contributed by atoms with Gasteiger partial charge in [-0.2, -0.15) is 0 Å². The third kappa shape index (κ3) is 4.72. The van der Waals surface area contributed by atoms with E-state index in [2.05, 4.69) is 53.3 Å². The molecule has 5 nitrogen and oxygen atoms in total. The largest absolute Gasteiger partial charge is 0.372 e. The monoisotopic (exact) mass is 340 g/mol. The average molecular weight is 340 g/mol. The highest BCUT2D eigenvalue weighted by molar-refractivity contribution is 5.93. The van der Waals surface area contributed by atoms with Crippen LogP contribution in [0.5, 0.6) is 0 Å². The second-order valence-corrected chi connectivity index (χ2v) is 5.75. The van der Waals surface area contributed by atoms with E-state index < -0.39 is 0 Å². The number of carbonyl (C=O) groups excluding carboxylic acids is 1. The van der Waals surface area contributed by atoms with Crippen LogP contribution in [-0.2, 0) is 0 Å². The lowest BCUT2D eigenvalue weighted by Crippen LogP contribution is -2.31. The van der Waals surface area contributed by atoms with Gasteiger partial charge in [0.1, 0.15) is 5.69 Å². The van der Waals surface area contributed by atoms with Crippen LogP contribution in [0.15, 0.2) is 42.6 Å².